The number of nitrogens with two attached hydrogens (primary N) is 1. The fraction of sp³-hybridized carbons (Fsp3) is 0.0714. The topological polar surface area (TPSA) is 88.1 Å². The molecular weight excluding hydrogens is 324 g/mol. The van der Waals surface area contributed by atoms with Crippen LogP contribution in [0.2, 0.25) is 0 Å². The van der Waals surface area contributed by atoms with Crippen LogP contribution < -0.4 is 10.5 Å². The van der Waals surface area contributed by atoms with Crippen molar-refractivity contribution in [3.05, 3.63) is 58.1 Å². The van der Waals surface area contributed by atoms with E-state index in [4.69, 9.17) is 15.7 Å². The summed E-state index contributed by atoms with van der Waals surface area (Å²) < 4.78 is 6.41. The zero-order valence-corrected chi connectivity index (χ0v) is 12.0. The summed E-state index contributed by atoms with van der Waals surface area (Å²) >= 11 is 3.37. The Kier molecular flexibility index (Phi) is 4.60. The van der Waals surface area contributed by atoms with E-state index in [1.165, 1.54) is 0 Å². The lowest BCUT2D eigenvalue weighted by Crippen LogP contribution is -2.12. The number of ether oxygens (including phenoxy) is 1. The molecule has 0 unspecified atom stereocenters. The summed E-state index contributed by atoms with van der Waals surface area (Å²) in [5.41, 5.74) is 6.78. The lowest BCUT2D eigenvalue weighted by molar-refractivity contribution is 0.276. The van der Waals surface area contributed by atoms with Gasteiger partial charge in [-0.25, -0.2) is 0 Å². The smallest absolute Gasteiger partial charge is 0.170 e. The van der Waals surface area contributed by atoms with E-state index in [0.29, 0.717) is 27.1 Å². The summed E-state index contributed by atoms with van der Waals surface area (Å²) in [4.78, 5) is 0. The SMILES string of the molecule is N/C(=N/O)c1ccc(Oc2ccccc2CO)c(Br)c1. The van der Waals surface area contributed by atoms with Gasteiger partial charge >= 0.3 is 0 Å². The van der Waals surface area contributed by atoms with Crippen LogP contribution in [0.4, 0.5) is 0 Å². The maximum absolute atomic E-state index is 9.26. The van der Waals surface area contributed by atoms with Crippen molar-refractivity contribution in [1.29, 1.82) is 0 Å². The average molecular weight is 337 g/mol. The van der Waals surface area contributed by atoms with Crippen molar-refractivity contribution >= 4 is 21.8 Å². The first-order valence-electron chi connectivity index (χ1n) is 5.79. The molecule has 0 radical (unpaired) electrons. The quantitative estimate of drug-likeness (QED) is 0.346. The first-order valence-corrected chi connectivity index (χ1v) is 6.59. The molecule has 0 bridgehead atoms. The van der Waals surface area contributed by atoms with Crippen LogP contribution in [0.3, 0.4) is 0 Å². The third-order valence-electron chi connectivity index (χ3n) is 2.70. The Morgan fingerprint density at radius 3 is 2.60 bits per heavy atom. The third kappa shape index (κ3) is 3.09. The number of hydrogen-bond acceptors (Lipinski definition) is 4. The van der Waals surface area contributed by atoms with E-state index in [-0.39, 0.29) is 12.4 Å². The van der Waals surface area contributed by atoms with Gasteiger partial charge in [-0.15, -0.1) is 0 Å². The molecule has 0 amide bonds. The molecule has 0 atom stereocenters. The van der Waals surface area contributed by atoms with E-state index < -0.39 is 0 Å². The van der Waals surface area contributed by atoms with Crippen LogP contribution in [0.15, 0.2) is 52.1 Å². The van der Waals surface area contributed by atoms with Gasteiger partial charge in [0, 0.05) is 11.1 Å². The molecular formula is C14H13BrN2O3. The summed E-state index contributed by atoms with van der Waals surface area (Å²) in [5.74, 6) is 1.17. The second-order valence-electron chi connectivity index (χ2n) is 4.00. The van der Waals surface area contributed by atoms with E-state index in [2.05, 4.69) is 21.1 Å². The van der Waals surface area contributed by atoms with E-state index >= 15 is 0 Å². The Labute approximate surface area is 124 Å². The van der Waals surface area contributed by atoms with Gasteiger partial charge in [0.15, 0.2) is 5.84 Å². The van der Waals surface area contributed by atoms with Gasteiger partial charge in [-0.1, -0.05) is 23.4 Å². The number of aliphatic hydroxyl groups excluding tert-OH is 1. The number of para-hydroxylation sites is 1. The number of oxime groups is 1. The van der Waals surface area contributed by atoms with Crippen molar-refractivity contribution in [3.8, 4) is 11.5 Å². The van der Waals surface area contributed by atoms with Crippen molar-refractivity contribution in [3.63, 3.8) is 0 Å². The minimum atomic E-state index is -0.101. The van der Waals surface area contributed by atoms with Crippen molar-refractivity contribution in [2.45, 2.75) is 6.61 Å². The van der Waals surface area contributed by atoms with Gasteiger partial charge in [0.25, 0.3) is 0 Å². The predicted molar refractivity (Wildman–Crippen MR) is 79.1 cm³/mol. The summed E-state index contributed by atoms with van der Waals surface area (Å²) in [7, 11) is 0. The molecule has 6 heteroatoms. The lowest BCUT2D eigenvalue weighted by Gasteiger charge is -2.11. The second-order valence-corrected chi connectivity index (χ2v) is 4.85. The monoisotopic (exact) mass is 336 g/mol. The van der Waals surface area contributed by atoms with E-state index in [9.17, 15) is 5.11 Å². The van der Waals surface area contributed by atoms with Crippen LogP contribution in [0.5, 0.6) is 11.5 Å². The molecule has 0 aliphatic carbocycles. The van der Waals surface area contributed by atoms with Gasteiger partial charge in [-0.3, -0.25) is 0 Å². The van der Waals surface area contributed by atoms with Gasteiger partial charge in [0.1, 0.15) is 11.5 Å². The molecule has 0 fully saturated rings. The van der Waals surface area contributed by atoms with Crippen LogP contribution in [-0.2, 0) is 6.61 Å². The molecule has 0 heterocycles. The predicted octanol–water partition coefficient (Wildman–Crippen LogP) is 2.83. The fourth-order valence-electron chi connectivity index (χ4n) is 1.65. The van der Waals surface area contributed by atoms with E-state index in [1.54, 1.807) is 30.3 Å². The van der Waals surface area contributed by atoms with Gasteiger partial charge in [0.05, 0.1) is 11.1 Å². The Hall–Kier alpha value is -2.05. The Morgan fingerprint density at radius 1 is 1.20 bits per heavy atom. The average Bonchev–Trinajstić information content (AvgIpc) is 2.49. The number of rotatable bonds is 4. The van der Waals surface area contributed by atoms with E-state index in [0.717, 1.165) is 0 Å². The zero-order chi connectivity index (χ0) is 14.5. The molecule has 5 nitrogen and oxygen atoms in total. The third-order valence-corrected chi connectivity index (χ3v) is 3.32. The summed E-state index contributed by atoms with van der Waals surface area (Å²) in [5, 5.41) is 20.8. The highest BCUT2D eigenvalue weighted by Crippen LogP contribution is 2.32. The molecule has 0 aromatic heterocycles. The molecule has 4 N–H and O–H groups in total. The van der Waals surface area contributed by atoms with Gasteiger partial charge in [-0.05, 0) is 40.2 Å². The first-order chi connectivity index (χ1) is 9.65. The Morgan fingerprint density at radius 2 is 1.95 bits per heavy atom. The van der Waals surface area contributed by atoms with Gasteiger partial charge < -0.3 is 20.8 Å². The van der Waals surface area contributed by atoms with Crippen molar-refractivity contribution in [2.24, 2.45) is 10.9 Å². The number of nitrogens with zero attached hydrogens (tertiary/aromatic N) is 1. The number of benzene rings is 2. The largest absolute Gasteiger partial charge is 0.456 e. The van der Waals surface area contributed by atoms with E-state index in [1.807, 2.05) is 12.1 Å². The van der Waals surface area contributed by atoms with Crippen LogP contribution in [0.1, 0.15) is 11.1 Å². The molecule has 0 saturated heterocycles. The van der Waals surface area contributed by atoms with Gasteiger partial charge in [0.2, 0.25) is 0 Å². The highest BCUT2D eigenvalue weighted by Gasteiger charge is 2.09. The summed E-state index contributed by atoms with van der Waals surface area (Å²) in [6.07, 6.45) is 0. The van der Waals surface area contributed by atoms with Crippen LogP contribution in [-0.4, -0.2) is 16.1 Å². The molecule has 2 aromatic carbocycles. The minimum absolute atomic E-state index is 0.0213. The summed E-state index contributed by atoms with van der Waals surface area (Å²) in [6.45, 7) is -0.101. The molecule has 104 valence electrons. The second kappa shape index (κ2) is 6.40. The number of amidine groups is 1. The van der Waals surface area contributed by atoms with Crippen LogP contribution in [0, 0.1) is 0 Å². The maximum Gasteiger partial charge on any atom is 0.170 e. The fourth-order valence-corrected chi connectivity index (χ4v) is 2.11. The number of halogens is 1. The highest BCUT2D eigenvalue weighted by molar-refractivity contribution is 9.10. The number of aliphatic hydroxyl groups is 1. The minimum Gasteiger partial charge on any atom is -0.456 e. The Balaban J connectivity index is 2.30. The lowest BCUT2D eigenvalue weighted by atomic mass is 10.2. The summed E-state index contributed by atoms with van der Waals surface area (Å²) in [6, 6.07) is 12.3. The molecule has 2 rings (SSSR count). The first kappa shape index (κ1) is 14.4. The maximum atomic E-state index is 9.26. The normalized spacial score (nSPS) is 11.4. The number of hydrogen-bond donors (Lipinski definition) is 3. The molecule has 0 saturated carbocycles. The van der Waals surface area contributed by atoms with Crippen LogP contribution >= 0.6 is 15.9 Å². The van der Waals surface area contributed by atoms with Gasteiger partial charge in [-0.2, -0.15) is 0 Å². The molecule has 2 aromatic rings. The molecule has 0 spiro atoms. The van der Waals surface area contributed by atoms with Crippen molar-refractivity contribution in [1.82, 2.24) is 0 Å². The molecule has 20 heavy (non-hydrogen) atoms. The van der Waals surface area contributed by atoms with Crippen LogP contribution in [0.25, 0.3) is 0 Å². The van der Waals surface area contributed by atoms with Crippen molar-refractivity contribution in [2.75, 3.05) is 0 Å². The zero-order valence-electron chi connectivity index (χ0n) is 10.5. The molecule has 0 aliphatic heterocycles. The molecule has 0 aliphatic rings. The highest BCUT2D eigenvalue weighted by atomic mass is 79.9. The Bertz CT molecular complexity index is 644. The standard InChI is InChI=1S/C14H13BrN2O3/c15-11-7-9(14(16)17-19)5-6-13(11)20-12-4-2-1-3-10(12)8-18/h1-7,18-19H,8H2,(H2,16,17). The van der Waals surface area contributed by atoms with Crippen molar-refractivity contribution < 1.29 is 15.1 Å².